The lowest BCUT2D eigenvalue weighted by Gasteiger charge is -2.12. The van der Waals surface area contributed by atoms with Gasteiger partial charge in [-0.25, -0.2) is 0 Å². The number of hydrogen-bond acceptors (Lipinski definition) is 6. The van der Waals surface area contributed by atoms with E-state index < -0.39 is 0 Å². The number of aryl methyl sites for hydroxylation is 1. The van der Waals surface area contributed by atoms with Crippen molar-refractivity contribution >= 4 is 29.1 Å². The zero-order chi connectivity index (χ0) is 24.8. The molecule has 4 rings (SSSR count). The molecule has 8 heteroatoms. The zero-order valence-electron chi connectivity index (χ0n) is 19.8. The lowest BCUT2D eigenvalue weighted by Crippen LogP contribution is -2.10. The van der Waals surface area contributed by atoms with Gasteiger partial charge < -0.3 is 10.1 Å². The Morgan fingerprint density at radius 2 is 1.69 bits per heavy atom. The maximum Gasteiger partial charge on any atom is 0.224 e. The molecule has 1 heterocycles. The van der Waals surface area contributed by atoms with Gasteiger partial charge in [0.1, 0.15) is 5.75 Å². The van der Waals surface area contributed by atoms with Gasteiger partial charge in [-0.15, -0.1) is 10.2 Å². The smallest absolute Gasteiger partial charge is 0.224 e. The van der Waals surface area contributed by atoms with Crippen LogP contribution in [0.4, 0.5) is 5.69 Å². The van der Waals surface area contributed by atoms with Gasteiger partial charge in [-0.3, -0.25) is 14.2 Å². The van der Waals surface area contributed by atoms with Crippen LogP contribution in [0.25, 0.3) is 17.1 Å². The Morgan fingerprint density at radius 3 is 2.37 bits per heavy atom. The summed E-state index contributed by atoms with van der Waals surface area (Å²) < 4.78 is 7.49. The van der Waals surface area contributed by atoms with Crippen LogP contribution in [0.3, 0.4) is 0 Å². The molecule has 0 aliphatic rings. The fourth-order valence-electron chi connectivity index (χ4n) is 3.50. The number of anilines is 1. The summed E-state index contributed by atoms with van der Waals surface area (Å²) in [6.45, 7) is 3.82. The summed E-state index contributed by atoms with van der Waals surface area (Å²) >= 11 is 1.33. The van der Waals surface area contributed by atoms with Gasteiger partial charge in [-0.05, 0) is 55.5 Å². The normalized spacial score (nSPS) is 10.7. The Bertz CT molecular complexity index is 1330. The molecule has 4 aromatic rings. The van der Waals surface area contributed by atoms with E-state index in [0.29, 0.717) is 34.4 Å². The maximum atomic E-state index is 12.9. The summed E-state index contributed by atoms with van der Waals surface area (Å²) in [5, 5.41) is 12.3. The van der Waals surface area contributed by atoms with Crippen molar-refractivity contribution in [3.63, 3.8) is 0 Å². The number of hydrogen-bond donors (Lipinski definition) is 1. The second kappa shape index (κ2) is 11.0. The molecular formula is C27H26N4O3S. The standard InChI is InChI=1S/C27H26N4O3S/c1-4-25(33)28-20-13-11-19(12-14-20)23(32)17-35-27-30-29-26(22-7-5-6-8-24(22)34-3)31(27)21-15-9-18(2)10-16-21/h5-16H,4,17H2,1-3H3,(H,28,33). The molecule has 1 N–H and O–H groups in total. The summed E-state index contributed by atoms with van der Waals surface area (Å²) in [5.74, 6) is 1.41. The van der Waals surface area contributed by atoms with Gasteiger partial charge in [0, 0.05) is 23.4 Å². The SMILES string of the molecule is CCC(=O)Nc1ccc(C(=O)CSc2nnc(-c3ccccc3OC)n2-c2ccc(C)cc2)cc1. The number of methoxy groups -OCH3 is 1. The number of nitrogens with one attached hydrogen (secondary N) is 1. The molecule has 178 valence electrons. The van der Waals surface area contributed by atoms with Gasteiger partial charge in [0.05, 0.1) is 18.4 Å². The lowest BCUT2D eigenvalue weighted by atomic mass is 10.1. The number of carbonyl (C=O) groups excluding carboxylic acids is 2. The molecule has 0 saturated heterocycles. The van der Waals surface area contributed by atoms with Crippen molar-refractivity contribution in [1.29, 1.82) is 0 Å². The molecule has 0 saturated carbocycles. The second-order valence-electron chi connectivity index (χ2n) is 7.87. The summed E-state index contributed by atoms with van der Waals surface area (Å²) in [4.78, 5) is 24.5. The number of aromatic nitrogens is 3. The molecule has 1 aromatic heterocycles. The average molecular weight is 487 g/mol. The third kappa shape index (κ3) is 5.60. The Hall–Kier alpha value is -3.91. The van der Waals surface area contributed by atoms with Crippen LogP contribution < -0.4 is 10.1 Å². The number of amides is 1. The Morgan fingerprint density at radius 1 is 0.971 bits per heavy atom. The van der Waals surface area contributed by atoms with Gasteiger partial charge in [0.25, 0.3) is 0 Å². The molecule has 0 bridgehead atoms. The Kier molecular flexibility index (Phi) is 7.62. The predicted octanol–water partition coefficient (Wildman–Crippen LogP) is 5.57. The minimum Gasteiger partial charge on any atom is -0.496 e. The zero-order valence-corrected chi connectivity index (χ0v) is 20.6. The summed E-state index contributed by atoms with van der Waals surface area (Å²) in [6.07, 6.45) is 0.399. The Labute approximate surface area is 208 Å². The van der Waals surface area contributed by atoms with Gasteiger partial charge in [0.15, 0.2) is 16.8 Å². The molecule has 0 aliphatic carbocycles. The molecule has 35 heavy (non-hydrogen) atoms. The number of para-hydroxylation sites is 1. The first kappa shape index (κ1) is 24.2. The van der Waals surface area contributed by atoms with Crippen LogP contribution in [0.2, 0.25) is 0 Å². The third-order valence-electron chi connectivity index (χ3n) is 5.42. The highest BCUT2D eigenvalue weighted by atomic mass is 32.2. The van der Waals surface area contributed by atoms with Crippen LogP contribution >= 0.6 is 11.8 Å². The maximum absolute atomic E-state index is 12.9. The molecular weight excluding hydrogens is 460 g/mol. The summed E-state index contributed by atoms with van der Waals surface area (Å²) in [5.41, 5.74) is 4.09. The van der Waals surface area contributed by atoms with Crippen molar-refractivity contribution in [2.24, 2.45) is 0 Å². The van der Waals surface area contributed by atoms with Crippen molar-refractivity contribution in [2.75, 3.05) is 18.2 Å². The van der Waals surface area contributed by atoms with Gasteiger partial charge in [0.2, 0.25) is 5.91 Å². The van der Waals surface area contributed by atoms with Gasteiger partial charge in [-0.1, -0.05) is 48.5 Å². The minimum absolute atomic E-state index is 0.0411. The van der Waals surface area contributed by atoms with E-state index in [9.17, 15) is 9.59 Å². The fourth-order valence-corrected chi connectivity index (χ4v) is 4.34. The van der Waals surface area contributed by atoms with Crippen LogP contribution in [0.15, 0.2) is 78.0 Å². The fraction of sp³-hybridized carbons (Fsp3) is 0.185. The highest BCUT2D eigenvalue weighted by molar-refractivity contribution is 7.99. The predicted molar refractivity (Wildman–Crippen MR) is 139 cm³/mol. The number of ether oxygens (including phenoxy) is 1. The van der Waals surface area contributed by atoms with E-state index >= 15 is 0 Å². The molecule has 3 aromatic carbocycles. The Balaban J connectivity index is 1.60. The topological polar surface area (TPSA) is 86.1 Å². The van der Waals surface area contributed by atoms with Gasteiger partial charge in [-0.2, -0.15) is 0 Å². The third-order valence-corrected chi connectivity index (χ3v) is 6.35. The number of Topliss-reactive ketones (excluding diaryl/α,β-unsaturated/α-hetero) is 1. The second-order valence-corrected chi connectivity index (χ2v) is 8.81. The van der Waals surface area contributed by atoms with Crippen molar-refractivity contribution in [1.82, 2.24) is 14.8 Å². The number of ketones is 1. The van der Waals surface area contributed by atoms with Crippen LogP contribution in [0.5, 0.6) is 5.75 Å². The molecule has 0 fully saturated rings. The molecule has 7 nitrogen and oxygen atoms in total. The lowest BCUT2D eigenvalue weighted by molar-refractivity contribution is -0.115. The number of rotatable bonds is 9. The molecule has 0 spiro atoms. The molecule has 0 aliphatic heterocycles. The summed E-state index contributed by atoms with van der Waals surface area (Å²) in [6, 6.07) is 22.6. The van der Waals surface area contributed by atoms with E-state index in [0.717, 1.165) is 16.8 Å². The number of nitrogens with zero attached hydrogens (tertiary/aromatic N) is 3. The van der Waals surface area contributed by atoms with Crippen molar-refractivity contribution < 1.29 is 14.3 Å². The van der Waals surface area contributed by atoms with Crippen LogP contribution in [0, 0.1) is 6.92 Å². The number of carbonyl (C=O) groups is 2. The largest absolute Gasteiger partial charge is 0.496 e. The van der Waals surface area contributed by atoms with Crippen LogP contribution in [-0.4, -0.2) is 39.3 Å². The van der Waals surface area contributed by atoms with Crippen LogP contribution in [0.1, 0.15) is 29.3 Å². The first-order chi connectivity index (χ1) is 17.0. The molecule has 0 unspecified atom stereocenters. The first-order valence-corrected chi connectivity index (χ1v) is 12.2. The molecule has 0 radical (unpaired) electrons. The van der Waals surface area contributed by atoms with Crippen molar-refractivity contribution in [3.8, 4) is 22.8 Å². The van der Waals surface area contributed by atoms with Crippen molar-refractivity contribution in [3.05, 3.63) is 83.9 Å². The van der Waals surface area contributed by atoms with Crippen molar-refractivity contribution in [2.45, 2.75) is 25.4 Å². The highest BCUT2D eigenvalue weighted by Gasteiger charge is 2.20. The highest BCUT2D eigenvalue weighted by Crippen LogP contribution is 2.33. The van der Waals surface area contributed by atoms with E-state index in [-0.39, 0.29) is 17.4 Å². The van der Waals surface area contributed by atoms with Crippen LogP contribution in [-0.2, 0) is 4.79 Å². The average Bonchev–Trinajstić information content (AvgIpc) is 3.31. The quantitative estimate of drug-likeness (QED) is 0.246. The van der Waals surface area contributed by atoms with E-state index in [4.69, 9.17) is 4.74 Å². The number of benzene rings is 3. The van der Waals surface area contributed by atoms with E-state index in [1.807, 2.05) is 60.0 Å². The van der Waals surface area contributed by atoms with E-state index in [2.05, 4.69) is 15.5 Å². The van der Waals surface area contributed by atoms with E-state index in [1.54, 1.807) is 38.3 Å². The molecule has 1 amide bonds. The minimum atomic E-state index is -0.0686. The van der Waals surface area contributed by atoms with Gasteiger partial charge >= 0.3 is 0 Å². The number of thioether (sulfide) groups is 1. The first-order valence-electron chi connectivity index (χ1n) is 11.2. The molecule has 0 atom stereocenters. The summed E-state index contributed by atoms with van der Waals surface area (Å²) in [7, 11) is 1.62. The van der Waals surface area contributed by atoms with E-state index in [1.165, 1.54) is 11.8 Å². The monoisotopic (exact) mass is 486 g/mol.